The van der Waals surface area contributed by atoms with Crippen LogP contribution in [0.5, 0.6) is 0 Å². The molecule has 32 heavy (non-hydrogen) atoms. The lowest BCUT2D eigenvalue weighted by atomic mass is 9.92. The van der Waals surface area contributed by atoms with E-state index in [1.54, 1.807) is 0 Å². The number of piperidine rings is 1. The van der Waals surface area contributed by atoms with Gasteiger partial charge in [-0.05, 0) is 70.6 Å². The van der Waals surface area contributed by atoms with Crippen LogP contribution < -0.4 is 0 Å². The minimum absolute atomic E-state index is 0. The van der Waals surface area contributed by atoms with E-state index in [1.807, 2.05) is 35.4 Å². The summed E-state index contributed by atoms with van der Waals surface area (Å²) in [6.45, 7) is 10.4. The highest BCUT2D eigenvalue weighted by Gasteiger charge is 2.23. The fourth-order valence-electron chi connectivity index (χ4n) is 4.53. The maximum atomic E-state index is 12.7. The van der Waals surface area contributed by atoms with Crippen LogP contribution in [0.1, 0.15) is 48.7 Å². The number of piperazine rings is 1. The zero-order chi connectivity index (χ0) is 21.1. The van der Waals surface area contributed by atoms with E-state index < -0.39 is 0 Å². The van der Waals surface area contributed by atoms with Crippen LogP contribution in [0.15, 0.2) is 42.6 Å². The van der Waals surface area contributed by atoms with Crippen molar-refractivity contribution in [2.45, 2.75) is 38.6 Å². The van der Waals surface area contributed by atoms with Gasteiger partial charge in [0.2, 0.25) is 0 Å². The maximum Gasteiger partial charge on any atom is 0.253 e. The van der Waals surface area contributed by atoms with Crippen molar-refractivity contribution >= 4 is 30.7 Å². The van der Waals surface area contributed by atoms with Crippen molar-refractivity contribution in [3.8, 4) is 11.1 Å². The molecule has 0 spiro atoms. The average molecular weight is 479 g/mol. The molecule has 3 heterocycles. The Morgan fingerprint density at radius 1 is 0.875 bits per heavy atom. The maximum absolute atomic E-state index is 12.7. The number of nitrogens with zero attached hydrogens (tertiary/aromatic N) is 4. The number of pyridine rings is 1. The minimum Gasteiger partial charge on any atom is -0.336 e. The highest BCUT2D eigenvalue weighted by molar-refractivity contribution is 5.94. The fourth-order valence-corrected chi connectivity index (χ4v) is 4.53. The largest absolute Gasteiger partial charge is 0.336 e. The standard InChI is InChI=1S/C25H34N4O.2ClH/c1-19(2)28-12-10-21(11-13-28)24-9-8-23(18-26-24)20-4-6-22(7-5-20)25(30)29-16-14-27(3)15-17-29;;/h4-9,18-19,21H,10-17H2,1-3H3;2*1H. The van der Waals surface area contributed by atoms with Crippen LogP contribution in [0.4, 0.5) is 0 Å². The summed E-state index contributed by atoms with van der Waals surface area (Å²) in [5, 5.41) is 0. The number of amides is 1. The van der Waals surface area contributed by atoms with Crippen LogP contribution in [-0.4, -0.2) is 77.9 Å². The Balaban J connectivity index is 0.00000181. The van der Waals surface area contributed by atoms with E-state index in [4.69, 9.17) is 4.98 Å². The van der Waals surface area contributed by atoms with E-state index in [-0.39, 0.29) is 30.7 Å². The van der Waals surface area contributed by atoms with Crippen molar-refractivity contribution in [3.05, 3.63) is 53.9 Å². The molecule has 1 amide bonds. The molecule has 5 nitrogen and oxygen atoms in total. The summed E-state index contributed by atoms with van der Waals surface area (Å²) >= 11 is 0. The lowest BCUT2D eigenvalue weighted by molar-refractivity contribution is 0.0664. The van der Waals surface area contributed by atoms with E-state index in [0.717, 1.165) is 56.0 Å². The van der Waals surface area contributed by atoms with Gasteiger partial charge in [-0.2, -0.15) is 0 Å². The second-order valence-corrected chi connectivity index (χ2v) is 9.05. The number of hydrogen-bond donors (Lipinski definition) is 0. The normalized spacial score (nSPS) is 18.2. The third-order valence-corrected chi connectivity index (χ3v) is 6.72. The molecule has 2 aromatic rings. The first-order valence-electron chi connectivity index (χ1n) is 11.3. The first kappa shape index (κ1) is 26.6. The molecule has 0 atom stereocenters. The molecule has 0 bridgehead atoms. The van der Waals surface area contributed by atoms with Gasteiger partial charge in [-0.1, -0.05) is 18.2 Å². The van der Waals surface area contributed by atoms with E-state index in [1.165, 1.54) is 18.5 Å². The van der Waals surface area contributed by atoms with Crippen molar-refractivity contribution in [3.63, 3.8) is 0 Å². The van der Waals surface area contributed by atoms with E-state index in [2.05, 4.69) is 42.8 Å². The van der Waals surface area contributed by atoms with Gasteiger partial charge in [0.05, 0.1) is 0 Å². The Labute approximate surface area is 205 Å². The first-order chi connectivity index (χ1) is 14.5. The Hall–Kier alpha value is -1.66. The second kappa shape index (κ2) is 12.0. The Morgan fingerprint density at radius 2 is 1.47 bits per heavy atom. The predicted molar refractivity (Wildman–Crippen MR) is 136 cm³/mol. The number of rotatable bonds is 4. The molecule has 0 aliphatic carbocycles. The van der Waals surface area contributed by atoms with Crippen LogP contribution in [0.25, 0.3) is 11.1 Å². The molecule has 0 N–H and O–H groups in total. The number of likely N-dealkylation sites (tertiary alicyclic amines) is 1. The number of halogens is 2. The van der Waals surface area contributed by atoms with Crippen molar-refractivity contribution < 1.29 is 4.79 Å². The second-order valence-electron chi connectivity index (χ2n) is 9.05. The van der Waals surface area contributed by atoms with Gasteiger partial charge in [0.25, 0.3) is 5.91 Å². The summed E-state index contributed by atoms with van der Waals surface area (Å²) in [5.74, 6) is 0.702. The minimum atomic E-state index is 0. The molecular weight excluding hydrogens is 443 g/mol. The van der Waals surface area contributed by atoms with Gasteiger partial charge in [-0.25, -0.2) is 0 Å². The zero-order valence-electron chi connectivity index (χ0n) is 19.4. The van der Waals surface area contributed by atoms with Gasteiger partial charge in [-0.3, -0.25) is 9.78 Å². The molecule has 1 aromatic heterocycles. The number of benzene rings is 1. The first-order valence-corrected chi connectivity index (χ1v) is 11.3. The fraction of sp³-hybridized carbons (Fsp3) is 0.520. The third-order valence-electron chi connectivity index (χ3n) is 6.72. The summed E-state index contributed by atoms with van der Waals surface area (Å²) < 4.78 is 0. The molecule has 2 saturated heterocycles. The molecule has 4 rings (SSSR count). The summed E-state index contributed by atoms with van der Waals surface area (Å²) in [6, 6.07) is 13.0. The molecule has 7 heteroatoms. The van der Waals surface area contributed by atoms with Crippen LogP contribution in [0.3, 0.4) is 0 Å². The number of likely N-dealkylation sites (N-methyl/N-ethyl adjacent to an activating group) is 1. The van der Waals surface area contributed by atoms with Gasteiger partial charge in [0.15, 0.2) is 0 Å². The molecule has 2 aliphatic heterocycles. The summed E-state index contributed by atoms with van der Waals surface area (Å²) in [7, 11) is 2.10. The Kier molecular flexibility index (Phi) is 9.96. The van der Waals surface area contributed by atoms with Gasteiger partial charge in [0, 0.05) is 61.2 Å². The Morgan fingerprint density at radius 3 is 2.00 bits per heavy atom. The van der Waals surface area contributed by atoms with Crippen molar-refractivity contribution in [2.24, 2.45) is 0 Å². The molecular formula is C25H36Cl2N4O. The third kappa shape index (κ3) is 6.22. The topological polar surface area (TPSA) is 39.7 Å². The lowest BCUT2D eigenvalue weighted by Gasteiger charge is -2.34. The predicted octanol–water partition coefficient (Wildman–Crippen LogP) is 4.57. The molecule has 2 aliphatic rings. The van der Waals surface area contributed by atoms with E-state index in [9.17, 15) is 4.79 Å². The monoisotopic (exact) mass is 478 g/mol. The molecule has 176 valence electrons. The summed E-state index contributed by atoms with van der Waals surface area (Å²) in [6.07, 6.45) is 4.36. The highest BCUT2D eigenvalue weighted by atomic mass is 35.5. The van der Waals surface area contributed by atoms with Gasteiger partial charge < -0.3 is 14.7 Å². The van der Waals surface area contributed by atoms with Crippen LogP contribution in [0, 0.1) is 0 Å². The summed E-state index contributed by atoms with van der Waals surface area (Å²) in [5.41, 5.74) is 4.20. The summed E-state index contributed by atoms with van der Waals surface area (Å²) in [4.78, 5) is 24.3. The van der Waals surface area contributed by atoms with E-state index >= 15 is 0 Å². The molecule has 0 radical (unpaired) electrons. The number of carbonyl (C=O) groups excluding carboxylic acids is 1. The van der Waals surface area contributed by atoms with E-state index in [0.29, 0.717) is 12.0 Å². The molecule has 2 fully saturated rings. The lowest BCUT2D eigenvalue weighted by Crippen LogP contribution is -2.47. The number of carbonyl (C=O) groups is 1. The average Bonchev–Trinajstić information content (AvgIpc) is 2.79. The van der Waals surface area contributed by atoms with Crippen molar-refractivity contribution in [1.29, 1.82) is 0 Å². The smallest absolute Gasteiger partial charge is 0.253 e. The molecule has 0 saturated carbocycles. The van der Waals surface area contributed by atoms with Crippen molar-refractivity contribution in [1.82, 2.24) is 19.7 Å². The SMILES string of the molecule is CC(C)N1CCC(c2ccc(-c3ccc(C(=O)N4CCN(C)CC4)cc3)cn2)CC1.Cl.Cl. The van der Waals surface area contributed by atoms with Gasteiger partial charge in [0.1, 0.15) is 0 Å². The number of aromatic nitrogens is 1. The quantitative estimate of drug-likeness (QED) is 0.644. The van der Waals surface area contributed by atoms with Crippen molar-refractivity contribution in [2.75, 3.05) is 46.3 Å². The highest BCUT2D eigenvalue weighted by Crippen LogP contribution is 2.29. The Bertz CT molecular complexity index is 841. The molecule has 0 unspecified atom stereocenters. The van der Waals surface area contributed by atoms with Gasteiger partial charge >= 0.3 is 0 Å². The number of hydrogen-bond acceptors (Lipinski definition) is 4. The van der Waals surface area contributed by atoms with Gasteiger partial charge in [-0.15, -0.1) is 24.8 Å². The van der Waals surface area contributed by atoms with Crippen LogP contribution >= 0.6 is 24.8 Å². The van der Waals surface area contributed by atoms with Crippen LogP contribution in [-0.2, 0) is 0 Å². The molecule has 1 aromatic carbocycles. The zero-order valence-corrected chi connectivity index (χ0v) is 21.0. The van der Waals surface area contributed by atoms with Crippen LogP contribution in [0.2, 0.25) is 0 Å².